The molecular weight excluding hydrogens is 230 g/mol. The first-order chi connectivity index (χ1) is 6.34. The number of hydrogen-bond donors (Lipinski definition) is 0. The fourth-order valence-corrected chi connectivity index (χ4v) is 1.68. The van der Waals surface area contributed by atoms with E-state index in [0.29, 0.717) is 0 Å². The summed E-state index contributed by atoms with van der Waals surface area (Å²) in [4.78, 5) is 10.9. The van der Waals surface area contributed by atoms with Crippen molar-refractivity contribution in [1.82, 2.24) is 14.9 Å². The van der Waals surface area contributed by atoms with Crippen LogP contribution in [-0.2, 0) is 6.42 Å². The normalized spacial score (nSPS) is 17.0. The Kier molecular flexibility index (Phi) is 2.90. The first kappa shape index (κ1) is 9.09. The van der Waals surface area contributed by atoms with Crippen LogP contribution in [0.25, 0.3) is 0 Å². The fraction of sp³-hybridized carbons (Fsp3) is 0.556. The van der Waals surface area contributed by atoms with Crippen LogP contribution in [-0.4, -0.2) is 34.5 Å². The Morgan fingerprint density at radius 1 is 1.46 bits per heavy atom. The van der Waals surface area contributed by atoms with Crippen molar-refractivity contribution in [2.45, 2.75) is 12.8 Å². The molecule has 0 bridgehead atoms. The molecule has 70 valence electrons. The van der Waals surface area contributed by atoms with Gasteiger partial charge < -0.3 is 4.90 Å². The molecule has 2 rings (SSSR count). The topological polar surface area (TPSA) is 29.0 Å². The highest BCUT2D eigenvalue weighted by Crippen LogP contribution is 2.08. The van der Waals surface area contributed by atoms with E-state index in [9.17, 15) is 0 Å². The Morgan fingerprint density at radius 3 is 2.92 bits per heavy atom. The van der Waals surface area contributed by atoms with Crippen molar-refractivity contribution in [3.05, 3.63) is 22.7 Å². The number of nitrogens with zero attached hydrogens (tertiary/aromatic N) is 3. The molecule has 0 aromatic carbocycles. The van der Waals surface area contributed by atoms with Crippen molar-refractivity contribution in [2.24, 2.45) is 0 Å². The molecule has 0 radical (unpaired) electrons. The number of rotatable bonds is 3. The van der Waals surface area contributed by atoms with E-state index in [2.05, 4.69) is 30.8 Å². The highest BCUT2D eigenvalue weighted by molar-refractivity contribution is 9.10. The molecule has 0 atom stereocenters. The molecule has 2 heterocycles. The van der Waals surface area contributed by atoms with Crippen molar-refractivity contribution >= 4 is 15.9 Å². The average Bonchev–Trinajstić information content (AvgIpc) is 2.01. The van der Waals surface area contributed by atoms with Gasteiger partial charge in [-0.2, -0.15) is 0 Å². The van der Waals surface area contributed by atoms with Crippen molar-refractivity contribution in [3.8, 4) is 0 Å². The molecule has 0 aliphatic carbocycles. The highest BCUT2D eigenvalue weighted by Gasteiger charge is 2.13. The lowest BCUT2D eigenvalue weighted by molar-refractivity contribution is 0.183. The maximum atomic E-state index is 4.28. The molecular formula is C9H12BrN3. The van der Waals surface area contributed by atoms with E-state index in [1.165, 1.54) is 19.5 Å². The zero-order valence-corrected chi connectivity index (χ0v) is 9.00. The van der Waals surface area contributed by atoms with Crippen LogP contribution in [0.2, 0.25) is 0 Å². The molecule has 1 aromatic heterocycles. The molecule has 0 N–H and O–H groups in total. The Hall–Kier alpha value is -0.480. The average molecular weight is 242 g/mol. The van der Waals surface area contributed by atoms with Crippen LogP contribution in [0.5, 0.6) is 0 Å². The Morgan fingerprint density at radius 2 is 2.31 bits per heavy atom. The number of likely N-dealkylation sites (tertiary alicyclic amines) is 1. The quantitative estimate of drug-likeness (QED) is 0.752. The lowest BCUT2D eigenvalue weighted by Crippen LogP contribution is -2.38. The highest BCUT2D eigenvalue weighted by atomic mass is 79.9. The third-order valence-corrected chi connectivity index (χ3v) is 2.71. The van der Waals surface area contributed by atoms with Crippen LogP contribution in [0.3, 0.4) is 0 Å². The standard InChI is InChI=1S/C9H12BrN3/c10-8-2-4-11-9(12-8)3-7-13-5-1-6-13/h2,4H,1,3,5-7H2. The first-order valence-electron chi connectivity index (χ1n) is 4.54. The molecule has 1 aliphatic rings. The van der Waals surface area contributed by atoms with Gasteiger partial charge in [-0.3, -0.25) is 0 Å². The zero-order chi connectivity index (χ0) is 9.10. The van der Waals surface area contributed by atoms with Gasteiger partial charge in [-0.25, -0.2) is 9.97 Å². The smallest absolute Gasteiger partial charge is 0.130 e. The summed E-state index contributed by atoms with van der Waals surface area (Å²) in [6.45, 7) is 3.58. The van der Waals surface area contributed by atoms with Gasteiger partial charge in [0.15, 0.2) is 0 Å². The fourth-order valence-electron chi connectivity index (χ4n) is 1.36. The molecule has 3 nitrogen and oxygen atoms in total. The van der Waals surface area contributed by atoms with Gasteiger partial charge in [0.25, 0.3) is 0 Å². The molecule has 1 aliphatic heterocycles. The Labute approximate surface area is 86.3 Å². The molecule has 0 amide bonds. The van der Waals surface area contributed by atoms with Crippen LogP contribution in [0, 0.1) is 0 Å². The van der Waals surface area contributed by atoms with E-state index < -0.39 is 0 Å². The van der Waals surface area contributed by atoms with E-state index in [1.54, 1.807) is 6.20 Å². The number of aromatic nitrogens is 2. The second kappa shape index (κ2) is 4.15. The van der Waals surface area contributed by atoms with Gasteiger partial charge in [0.2, 0.25) is 0 Å². The molecule has 0 saturated carbocycles. The summed E-state index contributed by atoms with van der Waals surface area (Å²) in [7, 11) is 0. The Balaban J connectivity index is 1.86. The maximum Gasteiger partial charge on any atom is 0.130 e. The second-order valence-electron chi connectivity index (χ2n) is 3.24. The van der Waals surface area contributed by atoms with E-state index in [1.807, 2.05) is 6.07 Å². The summed E-state index contributed by atoms with van der Waals surface area (Å²) in [5.74, 6) is 0.932. The third-order valence-electron chi connectivity index (χ3n) is 2.27. The molecule has 0 unspecified atom stereocenters. The van der Waals surface area contributed by atoms with E-state index in [4.69, 9.17) is 0 Å². The van der Waals surface area contributed by atoms with Gasteiger partial charge in [-0.15, -0.1) is 0 Å². The van der Waals surface area contributed by atoms with E-state index >= 15 is 0 Å². The number of hydrogen-bond acceptors (Lipinski definition) is 3. The summed E-state index contributed by atoms with van der Waals surface area (Å²) in [5, 5.41) is 0. The maximum absolute atomic E-state index is 4.28. The van der Waals surface area contributed by atoms with Crippen molar-refractivity contribution in [1.29, 1.82) is 0 Å². The van der Waals surface area contributed by atoms with Crippen molar-refractivity contribution in [2.75, 3.05) is 19.6 Å². The minimum atomic E-state index is 0.876. The lowest BCUT2D eigenvalue weighted by atomic mass is 10.2. The van der Waals surface area contributed by atoms with Gasteiger partial charge in [-0.05, 0) is 41.5 Å². The summed E-state index contributed by atoms with van der Waals surface area (Å²) in [5.41, 5.74) is 0. The van der Waals surface area contributed by atoms with Gasteiger partial charge in [0.05, 0.1) is 0 Å². The van der Waals surface area contributed by atoms with Gasteiger partial charge in [0, 0.05) is 19.2 Å². The molecule has 13 heavy (non-hydrogen) atoms. The zero-order valence-electron chi connectivity index (χ0n) is 7.41. The number of halogens is 1. The van der Waals surface area contributed by atoms with Crippen LogP contribution < -0.4 is 0 Å². The monoisotopic (exact) mass is 241 g/mol. The predicted molar refractivity (Wildman–Crippen MR) is 54.5 cm³/mol. The molecule has 1 fully saturated rings. The van der Waals surface area contributed by atoms with Crippen LogP contribution >= 0.6 is 15.9 Å². The summed E-state index contributed by atoms with van der Waals surface area (Å²) in [6.07, 6.45) is 4.10. The lowest BCUT2D eigenvalue weighted by Gasteiger charge is -2.30. The van der Waals surface area contributed by atoms with E-state index in [0.717, 1.165) is 23.4 Å². The predicted octanol–water partition coefficient (Wildman–Crippen LogP) is 1.49. The SMILES string of the molecule is Brc1ccnc(CCN2CCC2)n1. The van der Waals surface area contributed by atoms with Crippen molar-refractivity contribution < 1.29 is 0 Å². The Bertz CT molecular complexity index is 286. The van der Waals surface area contributed by atoms with E-state index in [-0.39, 0.29) is 0 Å². The van der Waals surface area contributed by atoms with Gasteiger partial charge in [-0.1, -0.05) is 0 Å². The van der Waals surface area contributed by atoms with Gasteiger partial charge >= 0.3 is 0 Å². The first-order valence-corrected chi connectivity index (χ1v) is 5.34. The summed E-state index contributed by atoms with van der Waals surface area (Å²) < 4.78 is 0.876. The third kappa shape index (κ3) is 2.48. The summed E-state index contributed by atoms with van der Waals surface area (Å²) in [6, 6.07) is 1.85. The van der Waals surface area contributed by atoms with Crippen molar-refractivity contribution in [3.63, 3.8) is 0 Å². The van der Waals surface area contributed by atoms with Crippen LogP contribution in [0.1, 0.15) is 12.2 Å². The second-order valence-corrected chi connectivity index (χ2v) is 4.05. The largest absolute Gasteiger partial charge is 0.303 e. The minimum Gasteiger partial charge on any atom is -0.303 e. The van der Waals surface area contributed by atoms with Crippen LogP contribution in [0.4, 0.5) is 0 Å². The molecule has 0 spiro atoms. The van der Waals surface area contributed by atoms with Crippen LogP contribution in [0.15, 0.2) is 16.9 Å². The summed E-state index contributed by atoms with van der Waals surface area (Å²) >= 11 is 3.34. The van der Waals surface area contributed by atoms with Gasteiger partial charge in [0.1, 0.15) is 10.4 Å². The molecule has 4 heteroatoms. The molecule has 1 saturated heterocycles. The molecule has 1 aromatic rings. The minimum absolute atomic E-state index is 0.876.